The molecule has 0 fully saturated rings. The monoisotopic (exact) mass is 178 g/mol. The molecule has 68 valence electrons. The number of nitrogens with one attached hydrogen (secondary N) is 2. The summed E-state index contributed by atoms with van der Waals surface area (Å²) in [5.74, 6) is 1.08. The molecule has 2 N–H and O–H groups in total. The fraction of sp³-hybridized carbons (Fsp3) is 0.857. The van der Waals surface area contributed by atoms with E-state index in [2.05, 4.69) is 29.4 Å². The van der Waals surface area contributed by atoms with Crippen molar-refractivity contribution in [1.29, 1.82) is 0 Å². The van der Waals surface area contributed by atoms with Gasteiger partial charge in [-0.2, -0.15) is 0 Å². The molecule has 2 amide bonds. The molecule has 0 atom stereocenters. The van der Waals surface area contributed by atoms with Crippen LogP contribution in [0.2, 0.25) is 0 Å². The molecular weight excluding hydrogens is 160 g/mol. The Hall–Kier alpha value is -0.380. The molecule has 0 unspecified atom stereocenters. The molecule has 0 radical (unpaired) electrons. The van der Waals surface area contributed by atoms with E-state index in [0.717, 1.165) is 12.3 Å². The van der Waals surface area contributed by atoms with Gasteiger partial charge < -0.3 is 10.6 Å². The molecule has 0 heterocycles. The van der Waals surface area contributed by atoms with Crippen molar-refractivity contribution in [2.24, 2.45) is 0 Å². The van der Waals surface area contributed by atoms with Crippen molar-refractivity contribution in [3.8, 4) is 0 Å². The quantitative estimate of drug-likeness (QED) is 0.653. The van der Waals surface area contributed by atoms with Crippen LogP contribution in [0.5, 0.6) is 0 Å². The topological polar surface area (TPSA) is 41.1 Å². The lowest BCUT2D eigenvalue weighted by Crippen LogP contribution is -2.35. The van der Waals surface area contributed by atoms with Crippen molar-refractivity contribution in [2.45, 2.75) is 0 Å². The maximum Gasteiger partial charge on any atom is 0.314 e. The lowest BCUT2D eigenvalue weighted by atomic mass is 10.7. The Balaban J connectivity index is 3.35. The first-order valence-electron chi connectivity index (χ1n) is 3.57. The Morgan fingerprint density at radius 2 is 1.91 bits per heavy atom. The molecule has 11 heavy (non-hydrogen) atoms. The number of carbonyl (C=O) groups is 1. The smallest absolute Gasteiger partial charge is 0.314 e. The summed E-state index contributed by atoms with van der Waals surface area (Å²) in [4.78, 5) is 10.7. The number of rotatable bonds is 3. The Kier molecular flexibility index (Phi) is 4.33. The molecule has 0 saturated heterocycles. The Labute approximate surface area is 70.2 Å². The van der Waals surface area contributed by atoms with Gasteiger partial charge in [-0.1, -0.05) is 0 Å². The maximum atomic E-state index is 10.7. The first kappa shape index (κ1) is 10.6. The highest BCUT2D eigenvalue weighted by atomic mass is 32.3. The summed E-state index contributed by atoms with van der Waals surface area (Å²) in [6.07, 6.45) is 6.70. The summed E-state index contributed by atoms with van der Waals surface area (Å²) in [7, 11) is 1.15. The van der Waals surface area contributed by atoms with Crippen LogP contribution in [-0.2, 0) is 0 Å². The zero-order valence-corrected chi connectivity index (χ0v) is 8.55. The average molecular weight is 178 g/mol. The second-order valence-corrected chi connectivity index (χ2v) is 7.89. The van der Waals surface area contributed by atoms with E-state index in [1.807, 2.05) is 0 Å². The molecule has 4 heteroatoms. The van der Waals surface area contributed by atoms with Gasteiger partial charge in [0.2, 0.25) is 0 Å². The van der Waals surface area contributed by atoms with Crippen molar-refractivity contribution < 1.29 is 4.79 Å². The van der Waals surface area contributed by atoms with Crippen LogP contribution in [0.1, 0.15) is 0 Å². The molecule has 0 aromatic rings. The lowest BCUT2D eigenvalue weighted by Gasteiger charge is -2.24. The maximum absolute atomic E-state index is 10.7. The summed E-state index contributed by atoms with van der Waals surface area (Å²) in [5, 5.41) is 5.27. The average Bonchev–Trinajstić information content (AvgIpc) is 1.85. The van der Waals surface area contributed by atoms with Gasteiger partial charge in [-0.25, -0.2) is 14.8 Å². The number of amides is 2. The van der Waals surface area contributed by atoms with Crippen LogP contribution in [0.15, 0.2) is 0 Å². The number of carbonyl (C=O) groups excluding carboxylic acids is 1. The van der Waals surface area contributed by atoms with Gasteiger partial charge in [0.25, 0.3) is 0 Å². The largest absolute Gasteiger partial charge is 0.341 e. The fourth-order valence-electron chi connectivity index (χ4n) is 0.559. The third-order valence-electron chi connectivity index (χ3n) is 1.23. The van der Waals surface area contributed by atoms with Crippen LogP contribution in [0.3, 0.4) is 0 Å². The minimum absolute atomic E-state index is 0.0892. The highest BCUT2D eigenvalue weighted by molar-refractivity contribution is 8.32. The van der Waals surface area contributed by atoms with Crippen LogP contribution < -0.4 is 10.6 Å². The normalized spacial score (nSPS) is 12.4. The molecule has 0 bridgehead atoms. The zero-order chi connectivity index (χ0) is 8.91. The van der Waals surface area contributed by atoms with Crippen LogP contribution in [-0.4, -0.2) is 44.1 Å². The first-order chi connectivity index (χ1) is 4.95. The van der Waals surface area contributed by atoms with Crippen LogP contribution in [0, 0.1) is 0 Å². The zero-order valence-electron chi connectivity index (χ0n) is 7.73. The van der Waals surface area contributed by atoms with Crippen molar-refractivity contribution in [3.63, 3.8) is 0 Å². The van der Waals surface area contributed by atoms with Crippen molar-refractivity contribution >= 4 is 16.1 Å². The number of urea groups is 1. The van der Waals surface area contributed by atoms with E-state index in [4.69, 9.17) is 0 Å². The molecule has 0 aliphatic carbocycles. The Morgan fingerprint density at radius 1 is 1.36 bits per heavy atom. The second-order valence-electron chi connectivity index (χ2n) is 3.30. The minimum Gasteiger partial charge on any atom is -0.341 e. The highest BCUT2D eigenvalue weighted by Crippen LogP contribution is 2.32. The fourth-order valence-corrected chi connectivity index (χ4v) is 1.27. The van der Waals surface area contributed by atoms with Gasteiger partial charge in [0.1, 0.15) is 0 Å². The predicted molar refractivity (Wildman–Crippen MR) is 52.7 cm³/mol. The van der Waals surface area contributed by atoms with Gasteiger partial charge in [-0.3, -0.25) is 0 Å². The molecule has 0 aliphatic rings. The van der Waals surface area contributed by atoms with Gasteiger partial charge in [0.05, 0.1) is 0 Å². The SMILES string of the molecule is CNC(=O)NCCS(C)(C)C. The summed E-state index contributed by atoms with van der Waals surface area (Å²) < 4.78 is 0. The molecule has 0 aliphatic heterocycles. The highest BCUT2D eigenvalue weighted by Gasteiger charge is 2.03. The first-order valence-corrected chi connectivity index (χ1v) is 6.60. The molecule has 0 spiro atoms. The third-order valence-corrected chi connectivity index (χ3v) is 2.66. The van der Waals surface area contributed by atoms with Crippen LogP contribution >= 0.6 is 10.0 Å². The van der Waals surface area contributed by atoms with E-state index < -0.39 is 10.0 Å². The van der Waals surface area contributed by atoms with E-state index in [0.29, 0.717) is 0 Å². The van der Waals surface area contributed by atoms with Gasteiger partial charge in [-0.05, 0) is 24.5 Å². The number of hydrogen-bond donors (Lipinski definition) is 2. The summed E-state index contributed by atoms with van der Waals surface area (Å²) >= 11 is 0. The standard InChI is InChI=1S/C7H18N2OS/c1-8-7(10)9-5-6-11(2,3)4/h5-6H2,1-4H3,(H2,8,9,10). The van der Waals surface area contributed by atoms with Gasteiger partial charge in [0, 0.05) is 13.6 Å². The van der Waals surface area contributed by atoms with E-state index >= 15 is 0 Å². The van der Waals surface area contributed by atoms with Crippen molar-refractivity contribution in [2.75, 3.05) is 38.1 Å². The van der Waals surface area contributed by atoms with Crippen LogP contribution in [0.25, 0.3) is 0 Å². The minimum atomic E-state index is -0.471. The van der Waals surface area contributed by atoms with E-state index in [1.165, 1.54) is 0 Å². The summed E-state index contributed by atoms with van der Waals surface area (Å²) in [5.41, 5.74) is 0. The Bertz CT molecular complexity index is 131. The van der Waals surface area contributed by atoms with Crippen molar-refractivity contribution in [3.05, 3.63) is 0 Å². The Morgan fingerprint density at radius 3 is 2.27 bits per heavy atom. The van der Waals surface area contributed by atoms with Gasteiger partial charge in [0.15, 0.2) is 0 Å². The number of hydrogen-bond acceptors (Lipinski definition) is 1. The molecular formula is C7H18N2OS. The molecule has 0 rings (SSSR count). The molecule has 3 nitrogen and oxygen atoms in total. The predicted octanol–water partition coefficient (Wildman–Crippen LogP) is 0.609. The second kappa shape index (κ2) is 4.49. The van der Waals surface area contributed by atoms with Crippen LogP contribution in [0.4, 0.5) is 4.79 Å². The summed E-state index contributed by atoms with van der Waals surface area (Å²) in [6.45, 7) is 0.776. The lowest BCUT2D eigenvalue weighted by molar-refractivity contribution is 0.243. The molecule has 0 aromatic carbocycles. The van der Waals surface area contributed by atoms with Gasteiger partial charge >= 0.3 is 6.03 Å². The van der Waals surface area contributed by atoms with E-state index in [-0.39, 0.29) is 6.03 Å². The molecule has 0 aromatic heterocycles. The van der Waals surface area contributed by atoms with E-state index in [9.17, 15) is 4.79 Å². The van der Waals surface area contributed by atoms with Crippen molar-refractivity contribution in [1.82, 2.24) is 10.6 Å². The van der Waals surface area contributed by atoms with Gasteiger partial charge in [-0.15, -0.1) is 0 Å². The molecule has 0 saturated carbocycles. The summed E-state index contributed by atoms with van der Waals surface area (Å²) in [6, 6.07) is -0.0892. The van der Waals surface area contributed by atoms with E-state index in [1.54, 1.807) is 7.05 Å². The third kappa shape index (κ3) is 7.52.